The van der Waals surface area contributed by atoms with E-state index in [2.05, 4.69) is 10.6 Å². The Morgan fingerprint density at radius 1 is 1.32 bits per heavy atom. The van der Waals surface area contributed by atoms with Crippen LogP contribution in [0.1, 0.15) is 37.7 Å². The first-order valence-electron chi connectivity index (χ1n) is 6.99. The highest BCUT2D eigenvalue weighted by molar-refractivity contribution is 5.90. The van der Waals surface area contributed by atoms with Crippen LogP contribution in [0.4, 0.5) is 10.5 Å². The molecule has 3 N–H and O–H groups in total. The molecule has 0 heterocycles. The van der Waals surface area contributed by atoms with Crippen LogP contribution in [-0.2, 0) is 0 Å². The summed E-state index contributed by atoms with van der Waals surface area (Å²) in [6, 6.07) is 4.91. The van der Waals surface area contributed by atoms with E-state index < -0.39 is 0 Å². The first kappa shape index (κ1) is 13.7. The molecule has 0 aliphatic heterocycles. The van der Waals surface area contributed by atoms with Gasteiger partial charge in [0.2, 0.25) is 0 Å². The number of carbonyl (C=O) groups is 1. The summed E-state index contributed by atoms with van der Waals surface area (Å²) in [6.45, 7) is 2.64. The smallest absolute Gasteiger partial charge is 0.319 e. The van der Waals surface area contributed by atoms with Gasteiger partial charge >= 0.3 is 6.03 Å². The standard InChI is InChI=1S/C15H22N2O2/c1-11-7-8-14(18)13(9-11)17-15(19)16-10-12-5-3-2-4-6-12/h7-9,12,18H,2-6,10H2,1H3,(H2,16,17,19). The van der Waals surface area contributed by atoms with Gasteiger partial charge in [0.1, 0.15) is 5.75 Å². The highest BCUT2D eigenvalue weighted by Crippen LogP contribution is 2.24. The van der Waals surface area contributed by atoms with Gasteiger partial charge in [0.25, 0.3) is 0 Å². The van der Waals surface area contributed by atoms with E-state index in [-0.39, 0.29) is 11.8 Å². The van der Waals surface area contributed by atoms with Crippen LogP contribution in [0.15, 0.2) is 18.2 Å². The van der Waals surface area contributed by atoms with Gasteiger partial charge in [-0.05, 0) is 43.4 Å². The van der Waals surface area contributed by atoms with Crippen LogP contribution >= 0.6 is 0 Å². The summed E-state index contributed by atoms with van der Waals surface area (Å²) in [5, 5.41) is 15.2. The fourth-order valence-corrected chi connectivity index (χ4v) is 2.54. The number of amides is 2. The molecule has 104 valence electrons. The molecule has 0 aromatic heterocycles. The third-order valence-corrected chi connectivity index (χ3v) is 3.68. The van der Waals surface area contributed by atoms with Crippen LogP contribution in [0.25, 0.3) is 0 Å². The Hall–Kier alpha value is -1.71. The number of aryl methyl sites for hydroxylation is 1. The van der Waals surface area contributed by atoms with Crippen molar-refractivity contribution in [2.24, 2.45) is 5.92 Å². The fraction of sp³-hybridized carbons (Fsp3) is 0.533. The van der Waals surface area contributed by atoms with Crippen LogP contribution in [0, 0.1) is 12.8 Å². The Morgan fingerprint density at radius 3 is 2.79 bits per heavy atom. The second kappa shape index (κ2) is 6.45. The highest BCUT2D eigenvalue weighted by Gasteiger charge is 2.14. The molecule has 4 heteroatoms. The van der Waals surface area contributed by atoms with Gasteiger partial charge in [-0.2, -0.15) is 0 Å². The van der Waals surface area contributed by atoms with E-state index in [1.54, 1.807) is 18.2 Å². The first-order chi connectivity index (χ1) is 9.15. The second-order valence-corrected chi connectivity index (χ2v) is 5.36. The minimum Gasteiger partial charge on any atom is -0.506 e. The van der Waals surface area contributed by atoms with Gasteiger partial charge in [0.05, 0.1) is 5.69 Å². The molecule has 0 unspecified atom stereocenters. The molecule has 1 fully saturated rings. The van der Waals surface area contributed by atoms with Crippen molar-refractivity contribution in [1.82, 2.24) is 5.32 Å². The molecule has 1 aromatic carbocycles. The van der Waals surface area contributed by atoms with E-state index in [1.807, 2.05) is 6.92 Å². The molecule has 2 amide bonds. The van der Waals surface area contributed by atoms with Gasteiger partial charge in [-0.3, -0.25) is 0 Å². The quantitative estimate of drug-likeness (QED) is 0.731. The van der Waals surface area contributed by atoms with Crippen molar-refractivity contribution in [3.05, 3.63) is 23.8 Å². The number of urea groups is 1. The van der Waals surface area contributed by atoms with E-state index in [1.165, 1.54) is 32.1 Å². The third kappa shape index (κ3) is 4.16. The van der Waals surface area contributed by atoms with Gasteiger partial charge in [0.15, 0.2) is 0 Å². The molecule has 0 spiro atoms. The number of hydrogen-bond donors (Lipinski definition) is 3. The lowest BCUT2D eigenvalue weighted by Crippen LogP contribution is -2.33. The van der Waals surface area contributed by atoms with Gasteiger partial charge in [-0.1, -0.05) is 25.3 Å². The number of phenolic OH excluding ortho intramolecular Hbond substituents is 1. The summed E-state index contributed by atoms with van der Waals surface area (Å²) < 4.78 is 0. The van der Waals surface area contributed by atoms with Gasteiger partial charge < -0.3 is 15.7 Å². The fourth-order valence-electron chi connectivity index (χ4n) is 2.54. The van der Waals surface area contributed by atoms with Crippen LogP contribution in [0.3, 0.4) is 0 Å². The summed E-state index contributed by atoms with van der Waals surface area (Å²) in [4.78, 5) is 11.8. The zero-order valence-electron chi connectivity index (χ0n) is 11.4. The molecule has 1 aliphatic carbocycles. The first-order valence-corrected chi connectivity index (χ1v) is 6.99. The van der Waals surface area contributed by atoms with Crippen LogP contribution in [0.2, 0.25) is 0 Å². The molecule has 1 saturated carbocycles. The molecule has 1 aromatic rings. The van der Waals surface area contributed by atoms with E-state index in [9.17, 15) is 9.90 Å². The maximum atomic E-state index is 11.8. The number of benzene rings is 1. The second-order valence-electron chi connectivity index (χ2n) is 5.36. The topological polar surface area (TPSA) is 61.4 Å². The molecule has 0 radical (unpaired) electrons. The molecular weight excluding hydrogens is 240 g/mol. The maximum Gasteiger partial charge on any atom is 0.319 e. The summed E-state index contributed by atoms with van der Waals surface area (Å²) in [5.41, 5.74) is 1.46. The lowest BCUT2D eigenvalue weighted by atomic mass is 9.89. The van der Waals surface area contributed by atoms with E-state index >= 15 is 0 Å². The Labute approximate surface area is 114 Å². The predicted molar refractivity (Wildman–Crippen MR) is 76.4 cm³/mol. The minimum absolute atomic E-state index is 0.0958. The van der Waals surface area contributed by atoms with Crippen LogP contribution < -0.4 is 10.6 Å². The van der Waals surface area contributed by atoms with Crippen molar-refractivity contribution in [1.29, 1.82) is 0 Å². The molecular formula is C15H22N2O2. The monoisotopic (exact) mass is 262 g/mol. The van der Waals surface area contributed by atoms with E-state index in [0.29, 0.717) is 11.6 Å². The van der Waals surface area contributed by atoms with Crippen LogP contribution in [0.5, 0.6) is 5.75 Å². The molecule has 19 heavy (non-hydrogen) atoms. The van der Waals surface area contributed by atoms with Crippen molar-refractivity contribution in [2.45, 2.75) is 39.0 Å². The van der Waals surface area contributed by atoms with Crippen molar-refractivity contribution in [2.75, 3.05) is 11.9 Å². The van der Waals surface area contributed by atoms with Crippen molar-refractivity contribution >= 4 is 11.7 Å². The third-order valence-electron chi connectivity index (χ3n) is 3.68. The Balaban J connectivity index is 1.81. The maximum absolute atomic E-state index is 11.8. The molecule has 4 nitrogen and oxygen atoms in total. The highest BCUT2D eigenvalue weighted by atomic mass is 16.3. The molecule has 1 aliphatic rings. The van der Waals surface area contributed by atoms with Gasteiger partial charge in [0, 0.05) is 6.54 Å². The number of anilines is 1. The average molecular weight is 262 g/mol. The Bertz CT molecular complexity index is 440. The zero-order chi connectivity index (χ0) is 13.7. The molecule has 0 bridgehead atoms. The normalized spacial score (nSPS) is 16.1. The zero-order valence-corrected chi connectivity index (χ0v) is 11.4. The van der Waals surface area contributed by atoms with Crippen molar-refractivity contribution in [3.8, 4) is 5.75 Å². The van der Waals surface area contributed by atoms with Crippen molar-refractivity contribution < 1.29 is 9.90 Å². The number of aromatic hydroxyl groups is 1. The molecule has 0 atom stereocenters. The average Bonchev–Trinajstić information content (AvgIpc) is 2.42. The summed E-state index contributed by atoms with van der Waals surface area (Å²) in [5.74, 6) is 0.698. The largest absolute Gasteiger partial charge is 0.506 e. The lowest BCUT2D eigenvalue weighted by Gasteiger charge is -2.21. The Kier molecular flexibility index (Phi) is 4.66. The molecule has 2 rings (SSSR count). The number of rotatable bonds is 3. The van der Waals surface area contributed by atoms with E-state index in [0.717, 1.165) is 12.1 Å². The number of phenols is 1. The number of hydrogen-bond acceptors (Lipinski definition) is 2. The summed E-state index contributed by atoms with van der Waals surface area (Å²) in [7, 11) is 0. The summed E-state index contributed by atoms with van der Waals surface area (Å²) in [6.07, 6.45) is 6.27. The van der Waals surface area contributed by atoms with E-state index in [4.69, 9.17) is 0 Å². The molecule has 0 saturated heterocycles. The lowest BCUT2D eigenvalue weighted by molar-refractivity contribution is 0.247. The SMILES string of the molecule is Cc1ccc(O)c(NC(=O)NCC2CCCCC2)c1. The van der Waals surface area contributed by atoms with Crippen molar-refractivity contribution in [3.63, 3.8) is 0 Å². The number of nitrogens with one attached hydrogen (secondary N) is 2. The van der Waals surface area contributed by atoms with Crippen LogP contribution in [-0.4, -0.2) is 17.7 Å². The van der Waals surface area contributed by atoms with Gasteiger partial charge in [-0.15, -0.1) is 0 Å². The number of carbonyl (C=O) groups excluding carboxylic acids is 1. The Morgan fingerprint density at radius 2 is 2.05 bits per heavy atom. The van der Waals surface area contributed by atoms with Gasteiger partial charge in [-0.25, -0.2) is 4.79 Å². The summed E-state index contributed by atoms with van der Waals surface area (Å²) >= 11 is 0. The predicted octanol–water partition coefficient (Wildman–Crippen LogP) is 3.40. The minimum atomic E-state index is -0.244.